The minimum absolute atomic E-state index is 0. The average molecular weight is 655 g/mol. The summed E-state index contributed by atoms with van der Waals surface area (Å²) in [5.41, 5.74) is 22.0. The van der Waals surface area contributed by atoms with Crippen LogP contribution in [-0.4, -0.2) is 29.2 Å². The molecule has 5 aliphatic rings. The van der Waals surface area contributed by atoms with Crippen molar-refractivity contribution in [1.29, 1.82) is 0 Å². The molecule has 1 radical (unpaired) electrons. The van der Waals surface area contributed by atoms with Gasteiger partial charge >= 0.3 is 17.1 Å². The van der Waals surface area contributed by atoms with E-state index in [9.17, 15) is 0 Å². The molecular formula is C40H49MnN5. The second kappa shape index (κ2) is 11.9. The van der Waals surface area contributed by atoms with Gasteiger partial charge in [-0.1, -0.05) is 48.0 Å². The molecule has 5 aliphatic heterocycles. The maximum absolute atomic E-state index is 5.54. The summed E-state index contributed by atoms with van der Waals surface area (Å²) in [5, 5.41) is 7.59. The third-order valence-electron chi connectivity index (χ3n) is 11.9. The maximum atomic E-state index is 5.54. The fourth-order valence-electron chi connectivity index (χ4n) is 8.15. The summed E-state index contributed by atoms with van der Waals surface area (Å²) in [6.45, 7) is 33.4. The zero-order chi connectivity index (χ0) is 33.0. The van der Waals surface area contributed by atoms with Crippen LogP contribution in [0.1, 0.15) is 101 Å². The summed E-state index contributed by atoms with van der Waals surface area (Å²) >= 11 is 0. The minimum atomic E-state index is 0. The largest absolute Gasteiger partial charge is 2.00 e. The topological polar surface area (TPSA) is 65.3 Å². The summed E-state index contributed by atoms with van der Waals surface area (Å²) in [6, 6.07) is 0.219. The molecule has 10 bridgehead atoms. The maximum Gasteiger partial charge on any atom is 2.00 e. The Bertz CT molecular complexity index is 2020. The number of hydrogen-bond acceptors (Lipinski definition) is 3. The van der Waals surface area contributed by atoms with Crippen LogP contribution in [0.5, 0.6) is 0 Å². The second-order valence-electron chi connectivity index (χ2n) is 14.2. The van der Waals surface area contributed by atoms with Crippen LogP contribution >= 0.6 is 0 Å². The molecule has 1 aromatic rings. The molecular weight excluding hydrogens is 605 g/mol. The molecule has 6 rings (SSSR count). The first-order valence-corrected chi connectivity index (χ1v) is 16.5. The third-order valence-corrected chi connectivity index (χ3v) is 11.9. The Hall–Kier alpha value is -3.05. The molecule has 0 N–H and O–H groups in total. The Morgan fingerprint density at radius 1 is 0.413 bits per heavy atom. The molecule has 4 atom stereocenters. The van der Waals surface area contributed by atoms with Crippen LogP contribution in [0.15, 0.2) is 82.2 Å². The van der Waals surface area contributed by atoms with Gasteiger partial charge < -0.3 is 10.3 Å². The molecule has 0 aliphatic carbocycles. The van der Waals surface area contributed by atoms with Crippen molar-refractivity contribution in [3.05, 3.63) is 94.4 Å². The molecule has 6 heterocycles. The Morgan fingerprint density at radius 3 is 1.13 bits per heavy atom. The van der Waals surface area contributed by atoms with E-state index in [0.29, 0.717) is 11.8 Å². The number of aromatic nitrogens is 1. The molecule has 1 aromatic heterocycles. The fourth-order valence-corrected chi connectivity index (χ4v) is 8.15. The first-order chi connectivity index (χ1) is 21.1. The van der Waals surface area contributed by atoms with Crippen LogP contribution in [0.25, 0.3) is 16.5 Å². The van der Waals surface area contributed by atoms with Crippen molar-refractivity contribution in [2.75, 3.05) is 0 Å². The van der Waals surface area contributed by atoms with E-state index in [1.54, 1.807) is 0 Å². The Morgan fingerprint density at radius 2 is 0.739 bits per heavy atom. The van der Waals surface area contributed by atoms with Crippen molar-refractivity contribution in [2.24, 2.45) is 26.8 Å². The predicted molar refractivity (Wildman–Crippen MR) is 191 cm³/mol. The predicted octanol–water partition coefficient (Wildman–Crippen LogP) is 8.20. The molecule has 0 amide bonds. The molecule has 46 heavy (non-hydrogen) atoms. The van der Waals surface area contributed by atoms with Gasteiger partial charge in [0.1, 0.15) is 0 Å². The fraction of sp³-hybridized carbons (Fsp3) is 0.475. The van der Waals surface area contributed by atoms with Crippen LogP contribution in [0, 0.1) is 25.7 Å². The summed E-state index contributed by atoms with van der Waals surface area (Å²) in [5.74, 6) is 0.793. The average Bonchev–Trinajstić information content (AvgIpc) is 3.75. The quantitative estimate of drug-likeness (QED) is 0.260. The van der Waals surface area contributed by atoms with E-state index in [2.05, 4.69) is 104 Å². The molecule has 0 spiro atoms. The number of fused-ring (bicyclic) bond motifs is 7. The van der Waals surface area contributed by atoms with E-state index in [1.807, 2.05) is 0 Å². The zero-order valence-electron chi connectivity index (χ0n) is 30.4. The van der Waals surface area contributed by atoms with Gasteiger partial charge in [-0.05, 0) is 135 Å². The van der Waals surface area contributed by atoms with Crippen molar-refractivity contribution in [1.82, 2.24) is 4.98 Å². The molecule has 1 fully saturated rings. The van der Waals surface area contributed by atoms with E-state index in [-0.39, 0.29) is 29.2 Å². The van der Waals surface area contributed by atoms with Crippen molar-refractivity contribution >= 4 is 28.3 Å². The number of rotatable bonds is 0. The number of nitrogens with zero attached hydrogens (tertiary/aromatic N) is 5. The second-order valence-corrected chi connectivity index (χ2v) is 14.2. The van der Waals surface area contributed by atoms with Crippen molar-refractivity contribution < 1.29 is 17.1 Å². The van der Waals surface area contributed by atoms with Crippen molar-refractivity contribution in [2.45, 2.75) is 116 Å². The summed E-state index contributed by atoms with van der Waals surface area (Å²) in [7, 11) is 0. The number of aliphatic imine (C=N–C) groups is 3. The van der Waals surface area contributed by atoms with Crippen LogP contribution < -0.4 is 15.7 Å². The summed E-state index contributed by atoms with van der Waals surface area (Å²) in [6.07, 6.45) is 0. The molecule has 241 valence electrons. The Kier molecular flexibility index (Phi) is 8.86. The summed E-state index contributed by atoms with van der Waals surface area (Å²) in [4.78, 5) is 21.3. The minimum Gasteiger partial charge on any atom is -0.657 e. The van der Waals surface area contributed by atoms with Gasteiger partial charge in [-0.15, -0.1) is 22.8 Å². The molecule has 5 nitrogen and oxygen atoms in total. The van der Waals surface area contributed by atoms with Gasteiger partial charge in [0.05, 0.1) is 34.2 Å². The zero-order valence-corrected chi connectivity index (χ0v) is 31.6. The van der Waals surface area contributed by atoms with E-state index < -0.39 is 0 Å². The first-order valence-electron chi connectivity index (χ1n) is 16.5. The molecule has 4 unspecified atom stereocenters. The van der Waals surface area contributed by atoms with E-state index in [1.165, 1.54) is 55.7 Å². The molecule has 0 aromatic carbocycles. The van der Waals surface area contributed by atoms with Crippen LogP contribution in [0.3, 0.4) is 0 Å². The summed E-state index contributed by atoms with van der Waals surface area (Å²) < 4.78 is 0. The molecule has 6 heteroatoms. The van der Waals surface area contributed by atoms with Crippen LogP contribution in [0.4, 0.5) is 0 Å². The van der Waals surface area contributed by atoms with Crippen LogP contribution in [0.2, 0.25) is 0 Å². The Balaban J connectivity index is 0.00000417. The van der Waals surface area contributed by atoms with Gasteiger partial charge in [0, 0.05) is 5.57 Å². The van der Waals surface area contributed by atoms with Crippen molar-refractivity contribution in [3.63, 3.8) is 0 Å². The van der Waals surface area contributed by atoms with E-state index in [4.69, 9.17) is 25.3 Å². The first kappa shape index (κ1) is 34.3. The SMILES string of the molecule is CC1=C(C)/C2=C(\C)C3=N/C(=C(/C)C4[N-]C(/C(C)=C5N=C(C(C)=C\5C)/C(C)=c5\[n-]/c(c(C)c5C)=C(/C)C1=N2)C(C)C4C)C(C)=C3C.[Mn+2]. The molecule has 1 saturated heterocycles. The Labute approximate surface area is 286 Å². The van der Waals surface area contributed by atoms with Gasteiger partial charge in [-0.2, -0.15) is 0 Å². The third kappa shape index (κ3) is 4.78. The van der Waals surface area contributed by atoms with Gasteiger partial charge in [-0.3, -0.25) is 0 Å². The van der Waals surface area contributed by atoms with Gasteiger partial charge in [0.2, 0.25) is 0 Å². The van der Waals surface area contributed by atoms with Gasteiger partial charge in [-0.25, -0.2) is 15.0 Å². The standard InChI is InChI=1S/C40H49N5.Mn/c1-16-17(2)32-27(12)34-20(5)21(6)36(43-34)29(14)38-24(9)25(10)40(45-38)30(15)39-23(8)22(7)37(44-39)28(13)35-19(4)18(3)33(42-35)26(11)31(16)41-32;/h16-17,31-32H,1-15H3;/q-2;+2/b33-26-,34-27-,37-28-,38-29-,39-30-;. The monoisotopic (exact) mass is 654 g/mol. The van der Waals surface area contributed by atoms with E-state index in [0.717, 1.165) is 61.6 Å². The van der Waals surface area contributed by atoms with Gasteiger partial charge in [0.15, 0.2) is 0 Å². The van der Waals surface area contributed by atoms with Crippen LogP contribution in [-0.2, 0) is 17.1 Å². The number of allylic oxidation sites excluding steroid dienone is 7. The number of hydrogen-bond donors (Lipinski definition) is 0. The van der Waals surface area contributed by atoms with Crippen molar-refractivity contribution in [3.8, 4) is 0 Å². The smallest absolute Gasteiger partial charge is 0.657 e. The van der Waals surface area contributed by atoms with Gasteiger partial charge in [0.25, 0.3) is 0 Å². The van der Waals surface area contributed by atoms with E-state index >= 15 is 0 Å². The normalized spacial score (nSPS) is 34.0. The molecule has 0 saturated carbocycles.